The first-order chi connectivity index (χ1) is 9.55. The summed E-state index contributed by atoms with van der Waals surface area (Å²) in [5.74, 6) is -0.274. The molecule has 0 spiro atoms. The van der Waals surface area contributed by atoms with Crippen molar-refractivity contribution in [3.63, 3.8) is 0 Å². The molecule has 0 bridgehead atoms. The van der Waals surface area contributed by atoms with E-state index in [1.807, 2.05) is 6.92 Å². The minimum atomic E-state index is -3.57. The summed E-state index contributed by atoms with van der Waals surface area (Å²) >= 11 is 0. The largest absolute Gasteiger partial charge is 0.330 e. The lowest BCUT2D eigenvalue weighted by Crippen LogP contribution is -2.22. The second-order valence-electron chi connectivity index (χ2n) is 4.08. The Morgan fingerprint density at radius 3 is 2.90 bits per heavy atom. The summed E-state index contributed by atoms with van der Waals surface area (Å²) in [6.45, 7) is 2.23. The van der Waals surface area contributed by atoms with Crippen molar-refractivity contribution < 1.29 is 17.4 Å². The molecule has 0 aliphatic heterocycles. The van der Waals surface area contributed by atoms with Crippen LogP contribution in [0.25, 0.3) is 0 Å². The fraction of sp³-hybridized carbons (Fsp3) is 0.500. The number of aromatic nitrogens is 2. The number of nitrogens with one attached hydrogen (secondary N) is 1. The number of carbonyl (C=O) groups is 1. The topological polar surface area (TPSA) is 90.3 Å². The van der Waals surface area contributed by atoms with E-state index in [4.69, 9.17) is 4.18 Å². The Kier molecular flexibility index (Phi) is 6.96. The predicted octanol–water partition coefficient (Wildman–Crippen LogP) is 1.49. The van der Waals surface area contributed by atoms with E-state index in [2.05, 4.69) is 10.3 Å². The molecule has 1 aromatic heterocycles. The van der Waals surface area contributed by atoms with E-state index in [0.717, 1.165) is 19.3 Å². The Labute approximate surface area is 118 Å². The van der Waals surface area contributed by atoms with Gasteiger partial charge in [-0.15, -0.1) is 0 Å². The van der Waals surface area contributed by atoms with Gasteiger partial charge in [0.15, 0.2) is 0 Å². The van der Waals surface area contributed by atoms with Crippen LogP contribution in [0.3, 0.4) is 0 Å². The molecule has 1 heterocycles. The van der Waals surface area contributed by atoms with Gasteiger partial charge < -0.3 is 5.32 Å². The third-order valence-electron chi connectivity index (χ3n) is 2.37. The number of amides is 1. The highest BCUT2D eigenvalue weighted by atomic mass is 32.2. The molecule has 0 saturated heterocycles. The number of rotatable bonds is 8. The van der Waals surface area contributed by atoms with E-state index >= 15 is 0 Å². The molecule has 1 aromatic rings. The molecule has 112 valence electrons. The average Bonchev–Trinajstić information content (AvgIpc) is 2.94. The van der Waals surface area contributed by atoms with Crippen LogP contribution in [0, 0.1) is 0 Å². The van der Waals surface area contributed by atoms with Crippen LogP contribution in [0.1, 0.15) is 26.2 Å². The summed E-state index contributed by atoms with van der Waals surface area (Å²) in [7, 11) is -3.57. The van der Waals surface area contributed by atoms with Crippen molar-refractivity contribution >= 4 is 16.1 Å². The van der Waals surface area contributed by atoms with Crippen molar-refractivity contribution in [2.45, 2.75) is 26.2 Å². The number of hydrogen-bond acceptors (Lipinski definition) is 5. The van der Waals surface area contributed by atoms with Gasteiger partial charge in [-0.3, -0.25) is 8.75 Å². The van der Waals surface area contributed by atoms with Crippen LogP contribution >= 0.6 is 0 Å². The molecule has 0 radical (unpaired) electrons. The molecule has 0 saturated carbocycles. The Bertz CT molecular complexity index is 523. The van der Waals surface area contributed by atoms with E-state index < -0.39 is 16.1 Å². The fourth-order valence-electron chi connectivity index (χ4n) is 1.34. The molecule has 0 aliphatic carbocycles. The lowest BCUT2D eigenvalue weighted by molar-refractivity contribution is 0.245. The molecule has 8 heteroatoms. The van der Waals surface area contributed by atoms with Crippen molar-refractivity contribution in [1.29, 1.82) is 0 Å². The van der Waals surface area contributed by atoms with Gasteiger partial charge in [-0.25, -0.2) is 9.78 Å². The van der Waals surface area contributed by atoms with Crippen molar-refractivity contribution in [1.82, 2.24) is 14.9 Å². The van der Waals surface area contributed by atoms with E-state index in [1.165, 1.54) is 35.6 Å². The molecular weight excluding hydrogens is 282 g/mol. The van der Waals surface area contributed by atoms with Gasteiger partial charge in [-0.1, -0.05) is 25.8 Å². The van der Waals surface area contributed by atoms with Gasteiger partial charge in [-0.05, 0) is 6.42 Å². The summed E-state index contributed by atoms with van der Waals surface area (Å²) in [5.41, 5.74) is 0. The summed E-state index contributed by atoms with van der Waals surface area (Å²) in [4.78, 5) is 15.2. The van der Waals surface area contributed by atoms with Gasteiger partial charge in [0.1, 0.15) is 6.33 Å². The summed E-state index contributed by atoms with van der Waals surface area (Å²) in [6, 6.07) is -0.417. The Hall–Kier alpha value is -1.67. The van der Waals surface area contributed by atoms with Crippen LogP contribution in [0.15, 0.2) is 31.0 Å². The monoisotopic (exact) mass is 301 g/mol. The minimum absolute atomic E-state index is 0.200. The summed E-state index contributed by atoms with van der Waals surface area (Å²) in [5, 5.41) is 2.42. The lowest BCUT2D eigenvalue weighted by Gasteiger charge is -2.03. The van der Waals surface area contributed by atoms with Gasteiger partial charge >= 0.3 is 6.03 Å². The molecule has 20 heavy (non-hydrogen) atoms. The van der Waals surface area contributed by atoms with Crippen molar-refractivity contribution in [3.8, 4) is 0 Å². The van der Waals surface area contributed by atoms with Crippen LogP contribution < -0.4 is 5.32 Å². The highest BCUT2D eigenvalue weighted by Gasteiger charge is 2.08. The number of imidazole rings is 1. The van der Waals surface area contributed by atoms with E-state index in [0.29, 0.717) is 0 Å². The van der Waals surface area contributed by atoms with Crippen LogP contribution in [0.2, 0.25) is 0 Å². The third-order valence-corrected chi connectivity index (χ3v) is 3.50. The van der Waals surface area contributed by atoms with Crippen LogP contribution in [-0.4, -0.2) is 36.4 Å². The second kappa shape index (κ2) is 8.49. The summed E-state index contributed by atoms with van der Waals surface area (Å²) < 4.78 is 29.0. The molecule has 1 N–H and O–H groups in total. The number of nitrogens with zero attached hydrogens (tertiary/aromatic N) is 2. The maximum absolute atomic E-state index is 11.5. The van der Waals surface area contributed by atoms with Gasteiger partial charge in [0.05, 0.1) is 12.4 Å². The van der Waals surface area contributed by atoms with Gasteiger partial charge in [0.2, 0.25) is 0 Å². The fourth-order valence-corrected chi connectivity index (χ4v) is 2.14. The van der Waals surface area contributed by atoms with Crippen molar-refractivity contribution in [2.75, 3.05) is 12.4 Å². The number of hydrogen-bond donors (Lipinski definition) is 1. The molecule has 1 rings (SSSR count). The standard InChI is InChI=1S/C12H19N3O4S/c1-2-3-4-9-19-20(17,18)10-5-6-14-12(16)15-8-7-13-11-15/h5-8,11H,2-4,9-10H2,1H3,(H,14,16). The lowest BCUT2D eigenvalue weighted by atomic mass is 10.3. The summed E-state index contributed by atoms with van der Waals surface area (Å²) in [6.07, 6.45) is 9.55. The number of unbranched alkanes of at least 4 members (excludes halogenated alkanes) is 2. The Balaban J connectivity index is 2.27. The van der Waals surface area contributed by atoms with Gasteiger partial charge in [0, 0.05) is 18.6 Å². The average molecular weight is 301 g/mol. The SMILES string of the molecule is CCCCCOS(=O)(=O)CC=CNC(=O)n1ccnc1. The quantitative estimate of drug-likeness (QED) is 0.580. The van der Waals surface area contributed by atoms with Crippen molar-refractivity contribution in [2.24, 2.45) is 0 Å². The number of carbonyl (C=O) groups excluding carboxylic acids is 1. The van der Waals surface area contributed by atoms with Gasteiger partial charge in [0.25, 0.3) is 10.1 Å². The molecule has 0 aliphatic rings. The first kappa shape index (κ1) is 16.4. The van der Waals surface area contributed by atoms with Crippen LogP contribution in [0.4, 0.5) is 4.79 Å². The molecule has 1 amide bonds. The van der Waals surface area contributed by atoms with Crippen LogP contribution in [0.5, 0.6) is 0 Å². The zero-order valence-electron chi connectivity index (χ0n) is 11.4. The van der Waals surface area contributed by atoms with E-state index in [1.54, 1.807) is 0 Å². The molecule has 0 unspecified atom stereocenters. The van der Waals surface area contributed by atoms with Crippen LogP contribution in [-0.2, 0) is 14.3 Å². The zero-order valence-corrected chi connectivity index (χ0v) is 12.2. The molecule has 0 atom stereocenters. The molecule has 0 aromatic carbocycles. The second-order valence-corrected chi connectivity index (χ2v) is 5.76. The van der Waals surface area contributed by atoms with Crippen molar-refractivity contribution in [3.05, 3.63) is 31.0 Å². The predicted molar refractivity (Wildman–Crippen MR) is 74.6 cm³/mol. The third kappa shape index (κ3) is 6.48. The zero-order chi connectivity index (χ0) is 14.8. The molecule has 0 fully saturated rings. The van der Waals surface area contributed by atoms with E-state index in [9.17, 15) is 13.2 Å². The maximum Gasteiger partial charge on any atom is 0.330 e. The maximum atomic E-state index is 11.5. The first-order valence-corrected chi connectivity index (χ1v) is 7.94. The smallest absolute Gasteiger partial charge is 0.314 e. The van der Waals surface area contributed by atoms with E-state index in [-0.39, 0.29) is 12.4 Å². The minimum Gasteiger partial charge on any atom is -0.314 e. The Morgan fingerprint density at radius 2 is 2.25 bits per heavy atom. The molecule has 7 nitrogen and oxygen atoms in total. The Morgan fingerprint density at radius 1 is 1.45 bits per heavy atom. The highest BCUT2D eigenvalue weighted by Crippen LogP contribution is 1.99. The van der Waals surface area contributed by atoms with Gasteiger partial charge in [-0.2, -0.15) is 8.42 Å². The molecular formula is C12H19N3O4S. The highest BCUT2D eigenvalue weighted by molar-refractivity contribution is 7.86. The normalized spacial score (nSPS) is 11.8. The first-order valence-electron chi connectivity index (χ1n) is 6.36.